The van der Waals surface area contributed by atoms with Gasteiger partial charge in [-0.25, -0.2) is 14.9 Å². The minimum Gasteiger partial charge on any atom is -0.391 e. The van der Waals surface area contributed by atoms with Crippen LogP contribution in [0.15, 0.2) is 106 Å². The van der Waals surface area contributed by atoms with Gasteiger partial charge in [-0.15, -0.1) is 5.10 Å². The number of carbonyl (C=O) groups excluding carboxylic acids is 1. The first-order valence-electron chi connectivity index (χ1n) is 13.5. The number of para-hydroxylation sites is 2. The average Bonchev–Trinajstić information content (AvgIpc) is 3.64. The Balaban J connectivity index is 1.51. The number of aromatic amines is 2. The highest BCUT2D eigenvalue weighted by molar-refractivity contribution is 6.30. The quantitative estimate of drug-likeness (QED) is 0.206. The zero-order chi connectivity index (χ0) is 28.4. The lowest BCUT2D eigenvalue weighted by Crippen LogP contribution is -2.38. The summed E-state index contributed by atoms with van der Waals surface area (Å²) in [4.78, 5) is 34.6. The van der Waals surface area contributed by atoms with Crippen LogP contribution >= 0.6 is 11.6 Å². The summed E-state index contributed by atoms with van der Waals surface area (Å²) < 4.78 is 5.66. The second-order valence-corrected chi connectivity index (χ2v) is 10.5. The maximum Gasteiger partial charge on any atom is 0.434 e. The molecule has 0 bridgehead atoms. The van der Waals surface area contributed by atoms with Crippen LogP contribution in [0, 0.1) is 0 Å². The molecule has 0 spiro atoms. The van der Waals surface area contributed by atoms with E-state index in [0.717, 1.165) is 40.6 Å². The molecule has 3 N–H and O–H groups in total. The summed E-state index contributed by atoms with van der Waals surface area (Å²) in [5.41, 5.74) is 3.36. The molecule has 0 radical (unpaired) electrons. The molecule has 1 aliphatic carbocycles. The number of rotatable bonds is 8. The van der Waals surface area contributed by atoms with Crippen molar-refractivity contribution in [2.75, 3.05) is 0 Å². The van der Waals surface area contributed by atoms with E-state index < -0.39 is 11.2 Å². The number of H-pyrrole nitrogens is 2. The molecule has 1 unspecified atom stereocenters. The lowest BCUT2D eigenvalue weighted by Gasteiger charge is -2.35. The van der Waals surface area contributed by atoms with E-state index in [2.05, 4.69) is 27.4 Å². The molecule has 3 aromatic carbocycles. The Hall–Kier alpha value is -4.69. The minimum absolute atomic E-state index is 0.0966. The third-order valence-electron chi connectivity index (χ3n) is 7.48. The Kier molecular flexibility index (Phi) is 7.15. The third-order valence-corrected chi connectivity index (χ3v) is 7.71. The molecule has 0 fully saturated rings. The first kappa shape index (κ1) is 26.5. The second kappa shape index (κ2) is 11.1. The monoisotopic (exact) mass is 565 g/mol. The fraction of sp³-hybridized carbons (Fsp3) is 0.188. The van der Waals surface area contributed by atoms with Gasteiger partial charge in [-0.1, -0.05) is 91.7 Å². The standard InChI is InChI=1S/C32H28ClN5O3/c1-2-9-25(20-10-4-3-5-11-20)34-28(39)22-16-17-24(21-12-8-13-23(33)18-21)32(19-22,30-37-38-31(40)41-30)29-35-26-14-6-7-15-27(26)36-29/h3-8,10-18,25H,2,9,19H2,1H3,(H,34,39)(H,35,36)(H,38,40)/t25-,32?/m1/s1. The average molecular weight is 566 g/mol. The molecule has 0 aliphatic heterocycles. The fourth-order valence-corrected chi connectivity index (χ4v) is 5.73. The number of hydrogen-bond acceptors (Lipinski definition) is 5. The maximum absolute atomic E-state index is 13.9. The van der Waals surface area contributed by atoms with Gasteiger partial charge in [0.2, 0.25) is 11.8 Å². The van der Waals surface area contributed by atoms with E-state index in [1.54, 1.807) is 6.07 Å². The number of nitrogens with zero attached hydrogens (tertiary/aromatic N) is 2. The van der Waals surface area contributed by atoms with E-state index >= 15 is 0 Å². The number of hydrogen-bond donors (Lipinski definition) is 3. The van der Waals surface area contributed by atoms with Gasteiger partial charge in [0, 0.05) is 17.0 Å². The van der Waals surface area contributed by atoms with Gasteiger partial charge in [0.25, 0.3) is 0 Å². The SMILES string of the molecule is CCC[C@@H](NC(=O)C1=CC=C(c2cccc(Cl)c2)C(c2nc3ccccc3[nH]2)(c2n[nH]c(=O)o2)C1)c1ccccc1. The Morgan fingerprint density at radius 2 is 1.88 bits per heavy atom. The number of amides is 1. The van der Waals surface area contributed by atoms with E-state index in [0.29, 0.717) is 16.4 Å². The van der Waals surface area contributed by atoms with Crippen molar-refractivity contribution in [3.8, 4) is 0 Å². The molecule has 1 amide bonds. The van der Waals surface area contributed by atoms with Crippen molar-refractivity contribution < 1.29 is 9.21 Å². The van der Waals surface area contributed by atoms with Crippen molar-refractivity contribution in [2.24, 2.45) is 0 Å². The van der Waals surface area contributed by atoms with Gasteiger partial charge in [-0.05, 0) is 47.4 Å². The van der Waals surface area contributed by atoms with Gasteiger partial charge in [0.15, 0.2) is 0 Å². The summed E-state index contributed by atoms with van der Waals surface area (Å²) in [6.07, 6.45) is 5.50. The van der Waals surface area contributed by atoms with Gasteiger partial charge in [0.05, 0.1) is 17.1 Å². The van der Waals surface area contributed by atoms with Crippen LogP contribution in [-0.4, -0.2) is 26.1 Å². The number of allylic oxidation sites excluding steroid dienone is 3. The highest BCUT2D eigenvalue weighted by atomic mass is 35.5. The maximum atomic E-state index is 13.9. The zero-order valence-electron chi connectivity index (χ0n) is 22.4. The van der Waals surface area contributed by atoms with Crippen molar-refractivity contribution in [1.82, 2.24) is 25.5 Å². The molecule has 9 heteroatoms. The van der Waals surface area contributed by atoms with E-state index in [-0.39, 0.29) is 24.3 Å². The van der Waals surface area contributed by atoms with Crippen LogP contribution in [0.4, 0.5) is 0 Å². The van der Waals surface area contributed by atoms with E-state index in [4.69, 9.17) is 21.0 Å². The Labute approximate surface area is 241 Å². The summed E-state index contributed by atoms with van der Waals surface area (Å²) in [5, 5.41) is 10.5. The predicted octanol–water partition coefficient (Wildman–Crippen LogP) is 6.25. The Morgan fingerprint density at radius 1 is 1.07 bits per heavy atom. The van der Waals surface area contributed by atoms with Crippen molar-refractivity contribution in [1.29, 1.82) is 0 Å². The second-order valence-electron chi connectivity index (χ2n) is 10.1. The molecule has 1 aliphatic rings. The number of halogens is 1. The van der Waals surface area contributed by atoms with Crippen LogP contribution in [-0.2, 0) is 10.2 Å². The normalized spacial score (nSPS) is 17.6. The molecule has 8 nitrogen and oxygen atoms in total. The van der Waals surface area contributed by atoms with Crippen LogP contribution in [0.5, 0.6) is 0 Å². The molecule has 41 heavy (non-hydrogen) atoms. The highest BCUT2D eigenvalue weighted by Crippen LogP contribution is 2.49. The zero-order valence-corrected chi connectivity index (χ0v) is 23.1. The molecule has 5 aromatic rings. The van der Waals surface area contributed by atoms with E-state index in [9.17, 15) is 9.59 Å². The van der Waals surface area contributed by atoms with E-state index in [1.807, 2.05) is 84.9 Å². The van der Waals surface area contributed by atoms with Crippen molar-refractivity contribution in [3.63, 3.8) is 0 Å². The first-order chi connectivity index (χ1) is 20.0. The summed E-state index contributed by atoms with van der Waals surface area (Å²) in [7, 11) is 0. The van der Waals surface area contributed by atoms with Crippen molar-refractivity contribution in [2.45, 2.75) is 37.6 Å². The topological polar surface area (TPSA) is 117 Å². The summed E-state index contributed by atoms with van der Waals surface area (Å²) in [5.74, 6) is -0.327. The van der Waals surface area contributed by atoms with Crippen LogP contribution in [0.1, 0.15) is 55.1 Å². The van der Waals surface area contributed by atoms with Gasteiger partial charge in [-0.2, -0.15) is 0 Å². The Morgan fingerprint density at radius 3 is 2.61 bits per heavy atom. The number of carbonyl (C=O) groups is 1. The van der Waals surface area contributed by atoms with Crippen LogP contribution in [0.2, 0.25) is 5.02 Å². The van der Waals surface area contributed by atoms with Crippen molar-refractivity contribution >= 4 is 34.1 Å². The van der Waals surface area contributed by atoms with Gasteiger partial charge < -0.3 is 14.7 Å². The first-order valence-corrected chi connectivity index (χ1v) is 13.9. The molecule has 2 atom stereocenters. The predicted molar refractivity (Wildman–Crippen MR) is 158 cm³/mol. The summed E-state index contributed by atoms with van der Waals surface area (Å²) in [6.45, 7) is 2.09. The van der Waals surface area contributed by atoms with Crippen LogP contribution in [0.3, 0.4) is 0 Å². The molecular weight excluding hydrogens is 538 g/mol. The minimum atomic E-state index is -1.24. The van der Waals surface area contributed by atoms with Crippen LogP contribution < -0.4 is 11.1 Å². The molecule has 0 saturated carbocycles. The van der Waals surface area contributed by atoms with Gasteiger partial charge >= 0.3 is 5.76 Å². The molecular formula is C32H28ClN5O3. The molecule has 0 saturated heterocycles. The van der Waals surface area contributed by atoms with Gasteiger partial charge in [-0.3, -0.25) is 4.79 Å². The third kappa shape index (κ3) is 5.02. The molecule has 2 heterocycles. The number of fused-ring (bicyclic) bond motifs is 1. The lowest BCUT2D eigenvalue weighted by molar-refractivity contribution is -0.118. The molecule has 2 aromatic heterocycles. The largest absolute Gasteiger partial charge is 0.434 e. The fourth-order valence-electron chi connectivity index (χ4n) is 5.54. The van der Waals surface area contributed by atoms with Crippen LogP contribution in [0.25, 0.3) is 16.6 Å². The molecule has 206 valence electrons. The summed E-state index contributed by atoms with van der Waals surface area (Å²) >= 11 is 6.42. The lowest BCUT2D eigenvalue weighted by atomic mass is 9.68. The number of benzene rings is 3. The van der Waals surface area contributed by atoms with E-state index in [1.165, 1.54) is 0 Å². The molecule has 6 rings (SSSR count). The number of aromatic nitrogens is 4. The Bertz CT molecular complexity index is 1800. The van der Waals surface area contributed by atoms with Crippen molar-refractivity contribution in [3.05, 3.63) is 135 Å². The van der Waals surface area contributed by atoms with Gasteiger partial charge in [0.1, 0.15) is 11.2 Å². The number of nitrogens with one attached hydrogen (secondary N) is 3. The summed E-state index contributed by atoms with van der Waals surface area (Å²) in [6, 6.07) is 24.8. The smallest absolute Gasteiger partial charge is 0.391 e. The highest BCUT2D eigenvalue weighted by Gasteiger charge is 2.49. The number of imidazole rings is 1.